The van der Waals surface area contributed by atoms with Gasteiger partial charge in [0.15, 0.2) is 0 Å². The number of fused-ring (bicyclic) bond motifs is 2. The molecule has 2 fully saturated rings. The molecule has 5 heteroatoms. The predicted octanol–water partition coefficient (Wildman–Crippen LogP) is 6.20. The maximum atomic E-state index is 13.0. The number of carbonyl (C=O) groups is 1. The fraction of sp³-hybridized carbons (Fsp3) is 0.633. The number of rotatable bonds is 3. The van der Waals surface area contributed by atoms with Gasteiger partial charge >= 0.3 is 0 Å². The number of dihydropyridines is 1. The molecule has 4 nitrogen and oxygen atoms in total. The third-order valence-electron chi connectivity index (χ3n) is 8.15. The van der Waals surface area contributed by atoms with E-state index in [1.54, 1.807) is 0 Å². The summed E-state index contributed by atoms with van der Waals surface area (Å²) in [6.45, 7) is 10.4. The van der Waals surface area contributed by atoms with Gasteiger partial charge in [0, 0.05) is 36.1 Å². The van der Waals surface area contributed by atoms with Crippen molar-refractivity contribution in [3.8, 4) is 0 Å². The Bertz CT molecular complexity index is 926. The zero-order valence-corrected chi connectivity index (χ0v) is 23.5. The van der Waals surface area contributed by atoms with Crippen LogP contribution in [0.25, 0.3) is 0 Å². The minimum Gasteiger partial charge on any atom is -0.383 e. The molecule has 192 valence electrons. The van der Waals surface area contributed by atoms with Crippen LogP contribution in [0.5, 0.6) is 0 Å². The first kappa shape index (κ1) is 26.5. The van der Waals surface area contributed by atoms with Crippen molar-refractivity contribution in [3.63, 3.8) is 0 Å². The van der Waals surface area contributed by atoms with E-state index in [0.717, 1.165) is 75.6 Å². The van der Waals surface area contributed by atoms with E-state index >= 15 is 0 Å². The average molecular weight is 543 g/mol. The molecule has 2 unspecified atom stereocenters. The highest BCUT2D eigenvalue weighted by Gasteiger charge is 2.39. The normalized spacial score (nSPS) is 25.1. The first-order chi connectivity index (χ1) is 17.0. The second-order valence-corrected chi connectivity index (χ2v) is 11.9. The topological polar surface area (TPSA) is 44.4 Å². The summed E-state index contributed by atoms with van der Waals surface area (Å²) in [7, 11) is 0. The van der Waals surface area contributed by atoms with Crippen molar-refractivity contribution in [2.45, 2.75) is 84.1 Å². The van der Waals surface area contributed by atoms with Crippen molar-refractivity contribution in [3.05, 3.63) is 57.2 Å². The molecule has 1 aliphatic carbocycles. The third-order valence-corrected chi connectivity index (χ3v) is 8.60. The Morgan fingerprint density at radius 2 is 1.80 bits per heavy atom. The number of hydrogen-bond donors (Lipinski definition) is 2. The lowest BCUT2D eigenvalue weighted by Crippen LogP contribution is -2.45. The number of amides is 1. The van der Waals surface area contributed by atoms with Crippen molar-refractivity contribution in [1.29, 1.82) is 0 Å². The van der Waals surface area contributed by atoms with Gasteiger partial charge in [0.05, 0.1) is 6.04 Å². The number of halogens is 1. The molecule has 2 N–H and O–H groups in total. The molecule has 0 aromatic heterocycles. The SMILES string of the molecule is CCC.Cc1ccc2c(c1)CCC1=CC(Br)=CNC1C2C1CCN(C(=O)CC2CCNCC2)CC1. The number of hydrogen-bond acceptors (Lipinski definition) is 3. The minimum absolute atomic E-state index is 0.363. The molecule has 5 rings (SSSR count). The molecular weight excluding hydrogens is 498 g/mol. The van der Waals surface area contributed by atoms with Gasteiger partial charge in [-0.15, -0.1) is 0 Å². The molecule has 0 spiro atoms. The Hall–Kier alpha value is -1.59. The first-order valence-corrected chi connectivity index (χ1v) is 14.7. The Morgan fingerprint density at radius 1 is 1.09 bits per heavy atom. The standard InChI is InChI=1S/C27H36BrN3O.C3H8/c1-18-2-5-24-21(14-18)3-4-22-16-23(28)17-30-27(22)26(24)20-8-12-31(13-9-20)25(32)15-19-6-10-29-11-7-19;1-3-2/h2,5,14,16-17,19-20,26-27,29-30H,3-4,6-13,15H2,1H3;3H2,1-2H3. The molecule has 0 bridgehead atoms. The lowest BCUT2D eigenvalue weighted by molar-refractivity contribution is -0.133. The highest BCUT2D eigenvalue weighted by atomic mass is 79.9. The van der Waals surface area contributed by atoms with E-state index in [0.29, 0.717) is 29.7 Å². The average Bonchev–Trinajstić information content (AvgIpc) is 3.01. The van der Waals surface area contributed by atoms with Crippen LogP contribution in [0.2, 0.25) is 0 Å². The van der Waals surface area contributed by atoms with E-state index < -0.39 is 0 Å². The van der Waals surface area contributed by atoms with Gasteiger partial charge in [-0.05, 0) is 109 Å². The number of piperidine rings is 2. The van der Waals surface area contributed by atoms with Crippen LogP contribution >= 0.6 is 15.9 Å². The summed E-state index contributed by atoms with van der Waals surface area (Å²) in [6, 6.07) is 7.44. The number of nitrogens with one attached hydrogen (secondary N) is 2. The first-order valence-electron chi connectivity index (χ1n) is 13.9. The lowest BCUT2D eigenvalue weighted by Gasteiger charge is -2.41. The Kier molecular flexibility index (Phi) is 9.52. The summed E-state index contributed by atoms with van der Waals surface area (Å²) in [5.41, 5.74) is 5.92. The van der Waals surface area contributed by atoms with E-state index in [2.05, 4.69) is 82.7 Å². The van der Waals surface area contributed by atoms with Gasteiger partial charge < -0.3 is 15.5 Å². The Morgan fingerprint density at radius 3 is 2.51 bits per heavy atom. The van der Waals surface area contributed by atoms with Crippen LogP contribution in [-0.4, -0.2) is 43.0 Å². The molecule has 0 radical (unpaired) electrons. The van der Waals surface area contributed by atoms with Crippen molar-refractivity contribution < 1.29 is 4.79 Å². The number of nitrogens with zero attached hydrogens (tertiary/aromatic N) is 1. The zero-order valence-electron chi connectivity index (χ0n) is 21.9. The highest BCUT2D eigenvalue weighted by Crippen LogP contribution is 2.44. The largest absolute Gasteiger partial charge is 0.383 e. The van der Waals surface area contributed by atoms with Crippen LogP contribution in [-0.2, 0) is 11.2 Å². The fourth-order valence-corrected chi connectivity index (χ4v) is 6.80. The van der Waals surface area contributed by atoms with Gasteiger partial charge in [0.2, 0.25) is 5.91 Å². The number of carbonyl (C=O) groups excluding carboxylic acids is 1. The monoisotopic (exact) mass is 541 g/mol. The van der Waals surface area contributed by atoms with Gasteiger partial charge in [0.1, 0.15) is 0 Å². The minimum atomic E-state index is 0.363. The lowest BCUT2D eigenvalue weighted by atomic mass is 9.73. The van der Waals surface area contributed by atoms with Crippen molar-refractivity contribution in [2.24, 2.45) is 11.8 Å². The Labute approximate surface area is 221 Å². The molecular formula is C30H44BrN3O. The number of aryl methyl sites for hydroxylation is 2. The fourth-order valence-electron chi connectivity index (χ4n) is 6.38. The van der Waals surface area contributed by atoms with Crippen molar-refractivity contribution in [2.75, 3.05) is 26.2 Å². The molecule has 4 aliphatic rings. The van der Waals surface area contributed by atoms with E-state index in [9.17, 15) is 4.79 Å². The summed E-state index contributed by atoms with van der Waals surface area (Å²) in [4.78, 5) is 15.1. The van der Waals surface area contributed by atoms with Crippen LogP contribution in [0.4, 0.5) is 0 Å². The predicted molar refractivity (Wildman–Crippen MR) is 150 cm³/mol. The van der Waals surface area contributed by atoms with Crippen molar-refractivity contribution in [1.82, 2.24) is 15.5 Å². The number of likely N-dealkylation sites (tertiary alicyclic amines) is 1. The summed E-state index contributed by atoms with van der Waals surface area (Å²) >= 11 is 3.68. The zero-order chi connectivity index (χ0) is 24.8. The molecule has 35 heavy (non-hydrogen) atoms. The molecule has 1 aromatic carbocycles. The van der Waals surface area contributed by atoms with Crippen LogP contribution < -0.4 is 10.6 Å². The van der Waals surface area contributed by atoms with Gasteiger partial charge in [-0.2, -0.15) is 0 Å². The smallest absolute Gasteiger partial charge is 0.222 e. The summed E-state index contributed by atoms with van der Waals surface area (Å²) in [5.74, 6) is 2.03. The van der Waals surface area contributed by atoms with Gasteiger partial charge in [0.25, 0.3) is 0 Å². The van der Waals surface area contributed by atoms with Crippen LogP contribution in [0.1, 0.15) is 81.4 Å². The summed E-state index contributed by atoms with van der Waals surface area (Å²) in [6.07, 6.45) is 13.2. The van der Waals surface area contributed by atoms with Crippen LogP contribution in [0.3, 0.4) is 0 Å². The second kappa shape index (κ2) is 12.6. The Balaban J connectivity index is 0.000000917. The van der Waals surface area contributed by atoms with E-state index in [1.807, 2.05) is 0 Å². The van der Waals surface area contributed by atoms with Gasteiger partial charge in [-0.1, -0.05) is 44.0 Å². The summed E-state index contributed by atoms with van der Waals surface area (Å²) < 4.78 is 1.14. The van der Waals surface area contributed by atoms with E-state index in [-0.39, 0.29) is 0 Å². The number of benzene rings is 1. The van der Waals surface area contributed by atoms with Gasteiger partial charge in [-0.25, -0.2) is 0 Å². The molecule has 3 aliphatic heterocycles. The maximum Gasteiger partial charge on any atom is 0.222 e. The quantitative estimate of drug-likeness (QED) is 0.478. The molecule has 1 amide bonds. The third kappa shape index (κ3) is 6.60. The van der Waals surface area contributed by atoms with E-state index in [1.165, 1.54) is 28.7 Å². The molecule has 2 atom stereocenters. The molecule has 1 aromatic rings. The van der Waals surface area contributed by atoms with Crippen LogP contribution in [0.15, 0.2) is 40.5 Å². The summed E-state index contributed by atoms with van der Waals surface area (Å²) in [5, 5.41) is 7.15. The van der Waals surface area contributed by atoms with E-state index in [4.69, 9.17) is 0 Å². The van der Waals surface area contributed by atoms with Crippen LogP contribution in [0, 0.1) is 18.8 Å². The number of allylic oxidation sites excluding steroid dienone is 2. The second-order valence-electron chi connectivity index (χ2n) is 10.9. The van der Waals surface area contributed by atoms with Crippen molar-refractivity contribution >= 4 is 21.8 Å². The highest BCUT2D eigenvalue weighted by molar-refractivity contribution is 9.11. The molecule has 0 saturated carbocycles. The molecule has 3 heterocycles. The van der Waals surface area contributed by atoms with Gasteiger partial charge in [-0.3, -0.25) is 4.79 Å². The maximum absolute atomic E-state index is 13.0. The molecule has 2 saturated heterocycles.